The van der Waals surface area contributed by atoms with Gasteiger partial charge in [-0.05, 0) is 56.2 Å². The van der Waals surface area contributed by atoms with Crippen molar-refractivity contribution in [2.75, 3.05) is 39.3 Å². The van der Waals surface area contributed by atoms with E-state index in [0.717, 1.165) is 18.7 Å². The van der Waals surface area contributed by atoms with Crippen LogP contribution in [0.15, 0.2) is 24.3 Å². The number of nitrogens with zero attached hydrogens (tertiary/aromatic N) is 3. The van der Waals surface area contributed by atoms with Crippen LogP contribution in [0, 0.1) is 5.92 Å². The van der Waals surface area contributed by atoms with Gasteiger partial charge in [0.25, 0.3) is 5.91 Å². The molecule has 252 valence electrons. The second-order valence-electron chi connectivity index (χ2n) is 13.6. The van der Waals surface area contributed by atoms with Gasteiger partial charge in [0.05, 0.1) is 0 Å². The molecule has 0 radical (unpaired) electrons. The van der Waals surface area contributed by atoms with Gasteiger partial charge in [-0.25, -0.2) is 0 Å². The second-order valence-corrected chi connectivity index (χ2v) is 13.6. The Morgan fingerprint density at radius 2 is 1.52 bits per heavy atom. The fourth-order valence-electron chi connectivity index (χ4n) is 7.16. The van der Waals surface area contributed by atoms with E-state index in [-0.39, 0.29) is 30.8 Å². The first-order chi connectivity index (χ1) is 22.1. The van der Waals surface area contributed by atoms with Gasteiger partial charge < -0.3 is 30.5 Å². The average Bonchev–Trinajstić information content (AvgIpc) is 3.56. The highest BCUT2D eigenvalue weighted by Crippen LogP contribution is 2.24. The standard InChI is InChI=1S/C34H50N6O6/c1-22(2)30-34(45)40-15-7-10-28(40)32(43)35-23(3)31(42)36-27(20-24-11-13-26(14-12-24)46-21-29(41)37-30)33(44)39-18-16-38(17-19-39)25-8-5-4-6-9-25/h11-14,22-23,25,27-28,30H,4-10,15-21H2,1-3H3,(H,35,43)(H,36,42)(H,37,41)/t23-,27-,28+,30-/m0/s1. The molecule has 1 aliphatic carbocycles. The van der Waals surface area contributed by atoms with Gasteiger partial charge >= 0.3 is 0 Å². The largest absolute Gasteiger partial charge is 0.484 e. The van der Waals surface area contributed by atoms with Crippen molar-refractivity contribution in [3.63, 3.8) is 0 Å². The first-order valence-corrected chi connectivity index (χ1v) is 17.1. The van der Waals surface area contributed by atoms with Crippen molar-refractivity contribution in [3.8, 4) is 5.75 Å². The Morgan fingerprint density at radius 3 is 2.20 bits per heavy atom. The molecule has 1 aromatic rings. The quantitative estimate of drug-likeness (QED) is 0.453. The van der Waals surface area contributed by atoms with Gasteiger partial charge in [0.2, 0.25) is 23.6 Å². The van der Waals surface area contributed by atoms with Crippen molar-refractivity contribution in [1.82, 2.24) is 30.7 Å². The zero-order valence-corrected chi connectivity index (χ0v) is 27.5. The number of benzene rings is 1. The molecule has 3 fully saturated rings. The van der Waals surface area contributed by atoms with Gasteiger partial charge in [-0.1, -0.05) is 45.2 Å². The molecule has 0 unspecified atom stereocenters. The Balaban J connectivity index is 1.33. The normalized spacial score (nSPS) is 28.0. The number of nitrogens with one attached hydrogen (secondary N) is 3. The minimum Gasteiger partial charge on any atom is -0.484 e. The van der Waals surface area contributed by atoms with Gasteiger partial charge in [0.1, 0.15) is 29.9 Å². The summed E-state index contributed by atoms with van der Waals surface area (Å²) < 4.78 is 5.71. The molecular weight excluding hydrogens is 588 g/mol. The van der Waals surface area contributed by atoms with E-state index in [2.05, 4.69) is 20.9 Å². The van der Waals surface area contributed by atoms with Crippen molar-refractivity contribution in [2.24, 2.45) is 5.92 Å². The Bertz CT molecular complexity index is 1260. The lowest BCUT2D eigenvalue weighted by molar-refractivity contribution is -0.143. The third-order valence-electron chi connectivity index (χ3n) is 9.90. The Hall–Kier alpha value is -3.67. The van der Waals surface area contributed by atoms with Crippen molar-refractivity contribution in [2.45, 2.75) is 102 Å². The number of fused-ring (bicyclic) bond motifs is 13. The number of hydrogen-bond acceptors (Lipinski definition) is 7. The maximum atomic E-state index is 13.9. The first kappa shape index (κ1) is 33.7. The van der Waals surface area contributed by atoms with Crippen LogP contribution in [0.25, 0.3) is 0 Å². The molecule has 0 aromatic heterocycles. The van der Waals surface area contributed by atoms with Crippen LogP contribution < -0.4 is 20.7 Å². The fraction of sp³-hybridized carbons (Fsp3) is 0.676. The van der Waals surface area contributed by atoms with E-state index in [1.807, 2.05) is 30.9 Å². The van der Waals surface area contributed by atoms with Crippen LogP contribution in [0.5, 0.6) is 5.75 Å². The molecule has 5 amide bonds. The molecule has 12 nitrogen and oxygen atoms in total. The van der Waals surface area contributed by atoms with E-state index < -0.39 is 41.9 Å². The van der Waals surface area contributed by atoms with E-state index in [1.165, 1.54) is 37.0 Å². The van der Waals surface area contributed by atoms with Crippen LogP contribution >= 0.6 is 0 Å². The second kappa shape index (κ2) is 15.3. The van der Waals surface area contributed by atoms with Crippen molar-refractivity contribution < 1.29 is 28.7 Å². The van der Waals surface area contributed by atoms with Crippen LogP contribution in [0.1, 0.15) is 71.3 Å². The highest BCUT2D eigenvalue weighted by Gasteiger charge is 2.40. The third kappa shape index (κ3) is 8.18. The summed E-state index contributed by atoms with van der Waals surface area (Å²) >= 11 is 0. The van der Waals surface area contributed by atoms with Crippen LogP contribution in [0.3, 0.4) is 0 Å². The summed E-state index contributed by atoms with van der Waals surface area (Å²) in [5.74, 6) is -1.57. The predicted molar refractivity (Wildman–Crippen MR) is 172 cm³/mol. The monoisotopic (exact) mass is 638 g/mol. The summed E-state index contributed by atoms with van der Waals surface area (Å²) in [7, 11) is 0. The number of carbonyl (C=O) groups is 5. The molecule has 0 spiro atoms. The summed E-state index contributed by atoms with van der Waals surface area (Å²) in [4.78, 5) is 73.1. The average molecular weight is 639 g/mol. The molecule has 4 aliphatic heterocycles. The molecule has 4 heterocycles. The maximum absolute atomic E-state index is 13.9. The van der Waals surface area contributed by atoms with E-state index in [1.54, 1.807) is 19.1 Å². The minimum atomic E-state index is -0.929. The molecule has 5 aliphatic rings. The molecule has 4 atom stereocenters. The van der Waals surface area contributed by atoms with Crippen molar-refractivity contribution in [3.05, 3.63) is 29.8 Å². The van der Waals surface area contributed by atoms with Gasteiger partial charge in [-0.15, -0.1) is 0 Å². The van der Waals surface area contributed by atoms with Crippen molar-refractivity contribution in [1.29, 1.82) is 0 Å². The zero-order valence-electron chi connectivity index (χ0n) is 27.5. The molecule has 3 N–H and O–H groups in total. The molecule has 46 heavy (non-hydrogen) atoms. The van der Waals surface area contributed by atoms with Crippen molar-refractivity contribution >= 4 is 29.5 Å². The molecule has 6 rings (SSSR count). The summed E-state index contributed by atoms with van der Waals surface area (Å²) in [5.41, 5.74) is 0.818. The smallest absolute Gasteiger partial charge is 0.258 e. The van der Waals surface area contributed by atoms with E-state index in [9.17, 15) is 24.0 Å². The lowest BCUT2D eigenvalue weighted by atomic mass is 9.93. The summed E-state index contributed by atoms with van der Waals surface area (Å²) in [6, 6.07) is 4.33. The van der Waals surface area contributed by atoms with Gasteiger partial charge in [-0.3, -0.25) is 28.9 Å². The van der Waals surface area contributed by atoms with E-state index in [0.29, 0.717) is 44.3 Å². The van der Waals surface area contributed by atoms with E-state index >= 15 is 0 Å². The number of piperazine rings is 1. The summed E-state index contributed by atoms with van der Waals surface area (Å²) in [6.45, 7) is 8.20. The van der Waals surface area contributed by atoms with Crippen LogP contribution in [-0.4, -0.2) is 114 Å². The topological polar surface area (TPSA) is 140 Å². The maximum Gasteiger partial charge on any atom is 0.258 e. The number of rotatable bonds is 3. The van der Waals surface area contributed by atoms with Gasteiger partial charge in [0.15, 0.2) is 6.61 Å². The summed E-state index contributed by atoms with van der Waals surface area (Å²) in [6.07, 6.45) is 7.59. The summed E-state index contributed by atoms with van der Waals surface area (Å²) in [5, 5.41) is 8.50. The Labute approximate surface area is 271 Å². The van der Waals surface area contributed by atoms with Crippen LogP contribution in [0.4, 0.5) is 0 Å². The molecule has 2 bridgehead atoms. The van der Waals surface area contributed by atoms with Crippen LogP contribution in [-0.2, 0) is 30.4 Å². The zero-order chi connectivity index (χ0) is 32.8. The van der Waals surface area contributed by atoms with Crippen LogP contribution in [0.2, 0.25) is 0 Å². The first-order valence-electron chi connectivity index (χ1n) is 17.1. The Morgan fingerprint density at radius 1 is 0.826 bits per heavy atom. The van der Waals surface area contributed by atoms with Gasteiger partial charge in [-0.2, -0.15) is 0 Å². The number of hydrogen-bond donors (Lipinski definition) is 3. The number of carbonyl (C=O) groups excluding carboxylic acids is 5. The molecule has 1 saturated carbocycles. The molecule has 12 heteroatoms. The Kier molecular flexibility index (Phi) is 11.2. The lowest BCUT2D eigenvalue weighted by Gasteiger charge is -2.41. The minimum absolute atomic E-state index is 0.148. The SMILES string of the molecule is CC(C)[C@@H]1NC(=O)COc2ccc(cc2)C[C@@H](C(=O)N2CCN(C3CCCCC3)CC2)NC(=O)[C@H](C)NC(=O)[C@H]2CCCN2C1=O. The highest BCUT2D eigenvalue weighted by atomic mass is 16.5. The van der Waals surface area contributed by atoms with E-state index in [4.69, 9.17) is 4.74 Å². The molecular formula is C34H50N6O6. The van der Waals surface area contributed by atoms with Gasteiger partial charge in [0, 0.05) is 45.2 Å². The molecule has 1 aromatic carbocycles. The predicted octanol–water partition coefficient (Wildman–Crippen LogP) is 1.22. The third-order valence-corrected chi connectivity index (χ3v) is 9.90. The highest BCUT2D eigenvalue weighted by molar-refractivity contribution is 5.96. The lowest BCUT2D eigenvalue weighted by Crippen LogP contribution is -2.59. The number of amides is 5. The fourth-order valence-corrected chi connectivity index (χ4v) is 7.16. The molecule has 2 saturated heterocycles. The number of ether oxygens (including phenoxy) is 1.